The van der Waals surface area contributed by atoms with Crippen LogP contribution in [-0.4, -0.2) is 0 Å². The van der Waals surface area contributed by atoms with Crippen molar-refractivity contribution in [3.05, 3.63) is 223 Å². The van der Waals surface area contributed by atoms with Crippen molar-refractivity contribution in [2.45, 2.75) is 19.3 Å². The van der Waals surface area contributed by atoms with Crippen molar-refractivity contribution >= 4 is 27.8 Å². The predicted octanol–water partition coefficient (Wildman–Crippen LogP) is 15.3. The zero-order valence-corrected chi connectivity index (χ0v) is 31.7. The number of hydrogen-bond acceptors (Lipinski definition) is 1. The van der Waals surface area contributed by atoms with Crippen LogP contribution in [0.1, 0.15) is 25.0 Å². The third-order valence-electron chi connectivity index (χ3n) is 11.7. The molecule has 0 fully saturated rings. The summed E-state index contributed by atoms with van der Waals surface area (Å²) in [6, 6.07) is 77.5. The summed E-state index contributed by atoms with van der Waals surface area (Å²) in [5, 5.41) is 2.55. The third-order valence-corrected chi connectivity index (χ3v) is 11.7. The van der Waals surface area contributed by atoms with Gasteiger partial charge in [-0.1, -0.05) is 208 Å². The zero-order chi connectivity index (χ0) is 37.6. The topological polar surface area (TPSA) is 3.24 Å². The Bertz CT molecular complexity index is 2840. The molecule has 0 amide bonds. The van der Waals surface area contributed by atoms with Gasteiger partial charge >= 0.3 is 0 Å². The van der Waals surface area contributed by atoms with Crippen LogP contribution in [0.15, 0.2) is 212 Å². The molecule has 0 aliphatic heterocycles. The summed E-state index contributed by atoms with van der Waals surface area (Å²) in [6.07, 6.45) is 0. The van der Waals surface area contributed by atoms with Crippen molar-refractivity contribution < 1.29 is 0 Å². The summed E-state index contributed by atoms with van der Waals surface area (Å²) in [5.41, 5.74) is 18.1. The molecular weight excluding hydrogens is 675 g/mol. The van der Waals surface area contributed by atoms with Gasteiger partial charge in [-0.3, -0.25) is 0 Å². The summed E-state index contributed by atoms with van der Waals surface area (Å²) >= 11 is 0. The minimum atomic E-state index is -0.217. The maximum Gasteiger partial charge on any atom is 0.0628 e. The van der Waals surface area contributed by atoms with Gasteiger partial charge in [-0.15, -0.1) is 0 Å². The molecule has 10 rings (SSSR count). The number of para-hydroxylation sites is 1. The lowest BCUT2D eigenvalue weighted by Gasteiger charge is -2.34. The Labute approximate surface area is 329 Å². The fourth-order valence-corrected chi connectivity index (χ4v) is 9.05. The first-order chi connectivity index (χ1) is 27.6. The SMILES string of the molecule is CC1(C)c2ccccc2-c2c(N(c3ccc(-c4ccccc4)cc3)c3ccccc3-c3ccc(-c4ccccc4)cc3)c(-c3ccccc3)c3ccccc3c21. The van der Waals surface area contributed by atoms with E-state index in [-0.39, 0.29) is 5.41 Å². The van der Waals surface area contributed by atoms with E-state index in [1.165, 1.54) is 83.2 Å². The molecule has 0 saturated heterocycles. The van der Waals surface area contributed by atoms with Gasteiger partial charge in [-0.05, 0) is 79.0 Å². The van der Waals surface area contributed by atoms with E-state index in [9.17, 15) is 0 Å². The lowest BCUT2D eigenvalue weighted by molar-refractivity contribution is 0.666. The quantitative estimate of drug-likeness (QED) is 0.159. The van der Waals surface area contributed by atoms with Crippen molar-refractivity contribution in [3.8, 4) is 55.6 Å². The molecule has 0 atom stereocenters. The molecule has 266 valence electrons. The minimum absolute atomic E-state index is 0.217. The fraction of sp³-hybridized carbons (Fsp3) is 0.0545. The first-order valence-corrected chi connectivity index (χ1v) is 19.5. The van der Waals surface area contributed by atoms with Crippen LogP contribution in [-0.2, 0) is 5.41 Å². The molecule has 0 aromatic heterocycles. The molecule has 0 radical (unpaired) electrons. The predicted molar refractivity (Wildman–Crippen MR) is 238 cm³/mol. The molecule has 0 unspecified atom stereocenters. The lowest BCUT2D eigenvalue weighted by Crippen LogP contribution is -2.18. The van der Waals surface area contributed by atoms with Crippen molar-refractivity contribution in [3.63, 3.8) is 0 Å². The van der Waals surface area contributed by atoms with E-state index < -0.39 is 0 Å². The number of rotatable bonds is 7. The molecule has 0 N–H and O–H groups in total. The highest BCUT2D eigenvalue weighted by Gasteiger charge is 2.41. The van der Waals surface area contributed by atoms with Gasteiger partial charge in [0.15, 0.2) is 0 Å². The minimum Gasteiger partial charge on any atom is -0.309 e. The highest BCUT2D eigenvalue weighted by Crippen LogP contribution is 2.60. The van der Waals surface area contributed by atoms with Crippen LogP contribution in [0.3, 0.4) is 0 Å². The van der Waals surface area contributed by atoms with Crippen LogP contribution in [0.4, 0.5) is 17.1 Å². The van der Waals surface area contributed by atoms with Gasteiger partial charge < -0.3 is 4.90 Å². The summed E-state index contributed by atoms with van der Waals surface area (Å²) in [5.74, 6) is 0. The van der Waals surface area contributed by atoms with Gasteiger partial charge in [0.1, 0.15) is 0 Å². The van der Waals surface area contributed by atoms with E-state index in [2.05, 4.69) is 231 Å². The molecule has 0 bridgehead atoms. The number of anilines is 3. The van der Waals surface area contributed by atoms with Gasteiger partial charge in [0, 0.05) is 27.8 Å². The molecule has 9 aromatic carbocycles. The molecule has 0 spiro atoms. The number of fused-ring (bicyclic) bond motifs is 5. The second-order valence-corrected chi connectivity index (χ2v) is 15.3. The second kappa shape index (κ2) is 13.7. The van der Waals surface area contributed by atoms with Gasteiger partial charge in [-0.2, -0.15) is 0 Å². The van der Waals surface area contributed by atoms with E-state index in [1.807, 2.05) is 0 Å². The second-order valence-electron chi connectivity index (χ2n) is 15.3. The first-order valence-electron chi connectivity index (χ1n) is 19.5. The summed E-state index contributed by atoms with van der Waals surface area (Å²) in [6.45, 7) is 4.80. The van der Waals surface area contributed by atoms with Crippen molar-refractivity contribution in [1.29, 1.82) is 0 Å². The van der Waals surface area contributed by atoms with Crippen LogP contribution < -0.4 is 4.90 Å². The van der Waals surface area contributed by atoms with Gasteiger partial charge in [0.05, 0.1) is 11.4 Å². The van der Waals surface area contributed by atoms with E-state index in [0.29, 0.717) is 0 Å². The molecule has 1 nitrogen and oxygen atoms in total. The highest BCUT2D eigenvalue weighted by atomic mass is 15.2. The largest absolute Gasteiger partial charge is 0.309 e. The summed E-state index contributed by atoms with van der Waals surface area (Å²) in [7, 11) is 0. The Hall–Kier alpha value is -6.96. The lowest BCUT2D eigenvalue weighted by atomic mass is 9.78. The maximum atomic E-state index is 2.56. The highest BCUT2D eigenvalue weighted by molar-refractivity contribution is 6.16. The smallest absolute Gasteiger partial charge is 0.0628 e. The Morgan fingerprint density at radius 2 is 0.786 bits per heavy atom. The van der Waals surface area contributed by atoms with Crippen LogP contribution >= 0.6 is 0 Å². The summed E-state index contributed by atoms with van der Waals surface area (Å²) in [4.78, 5) is 2.56. The Balaban J connectivity index is 1.31. The van der Waals surface area contributed by atoms with E-state index in [4.69, 9.17) is 0 Å². The van der Waals surface area contributed by atoms with Crippen molar-refractivity contribution in [2.75, 3.05) is 4.90 Å². The fourth-order valence-electron chi connectivity index (χ4n) is 9.05. The first kappa shape index (κ1) is 33.6. The van der Waals surface area contributed by atoms with Crippen LogP contribution in [0.5, 0.6) is 0 Å². The standard InChI is InChI=1S/C55H41N/c1-55(2)49-28-16-14-27-48(49)52-53(55)47-26-13-12-25-46(47)51(43-22-10-5-11-23-43)54(52)56(44-36-34-41(35-37-44)39-20-8-4-9-21-39)50-29-17-15-24-45(50)42-32-30-40(31-33-42)38-18-6-3-7-19-38/h3-37H,1-2H3. The molecular formula is C55H41N. The molecule has 1 aliphatic carbocycles. The van der Waals surface area contributed by atoms with Crippen LogP contribution in [0, 0.1) is 0 Å². The normalized spacial score (nSPS) is 12.6. The number of hydrogen-bond donors (Lipinski definition) is 0. The number of nitrogens with zero attached hydrogens (tertiary/aromatic N) is 1. The van der Waals surface area contributed by atoms with E-state index in [0.717, 1.165) is 11.4 Å². The Morgan fingerprint density at radius 1 is 0.339 bits per heavy atom. The molecule has 0 saturated carbocycles. The van der Waals surface area contributed by atoms with Crippen molar-refractivity contribution in [2.24, 2.45) is 0 Å². The molecule has 9 aromatic rings. The maximum absolute atomic E-state index is 2.56. The molecule has 1 heteroatoms. The van der Waals surface area contributed by atoms with Crippen LogP contribution in [0.2, 0.25) is 0 Å². The van der Waals surface area contributed by atoms with Gasteiger partial charge in [0.25, 0.3) is 0 Å². The van der Waals surface area contributed by atoms with Gasteiger partial charge in [-0.25, -0.2) is 0 Å². The summed E-state index contributed by atoms with van der Waals surface area (Å²) < 4.78 is 0. The average molecular weight is 716 g/mol. The monoisotopic (exact) mass is 715 g/mol. The molecule has 56 heavy (non-hydrogen) atoms. The molecule has 0 heterocycles. The van der Waals surface area contributed by atoms with Gasteiger partial charge in [0.2, 0.25) is 0 Å². The number of benzene rings is 9. The van der Waals surface area contributed by atoms with E-state index in [1.54, 1.807) is 0 Å². The van der Waals surface area contributed by atoms with Crippen molar-refractivity contribution in [1.82, 2.24) is 0 Å². The third kappa shape index (κ3) is 5.55. The zero-order valence-electron chi connectivity index (χ0n) is 31.7. The van der Waals surface area contributed by atoms with E-state index >= 15 is 0 Å². The Morgan fingerprint density at radius 3 is 1.41 bits per heavy atom. The average Bonchev–Trinajstić information content (AvgIpc) is 3.51. The Kier molecular flexibility index (Phi) is 8.23. The van der Waals surface area contributed by atoms with Crippen LogP contribution in [0.25, 0.3) is 66.4 Å². The molecule has 1 aliphatic rings.